The number of carbonyl (C=O) groups is 3. The number of ketones is 1. The molecular formula is C28H40O6. The van der Waals surface area contributed by atoms with E-state index in [9.17, 15) is 24.6 Å². The van der Waals surface area contributed by atoms with Crippen LogP contribution in [0.4, 0.5) is 0 Å². The van der Waals surface area contributed by atoms with E-state index >= 15 is 0 Å². The van der Waals surface area contributed by atoms with Crippen molar-refractivity contribution in [2.75, 3.05) is 0 Å². The van der Waals surface area contributed by atoms with E-state index in [-0.39, 0.29) is 58.1 Å². The first kappa shape index (κ1) is 27.6. The van der Waals surface area contributed by atoms with Gasteiger partial charge in [0, 0.05) is 24.3 Å². The van der Waals surface area contributed by atoms with E-state index in [2.05, 4.69) is 13.8 Å². The Hall–Kier alpha value is -2.63. The number of esters is 1. The van der Waals surface area contributed by atoms with Gasteiger partial charge in [0.15, 0.2) is 6.29 Å². The van der Waals surface area contributed by atoms with E-state index in [1.807, 2.05) is 33.8 Å². The zero-order valence-electron chi connectivity index (χ0n) is 21.6. The van der Waals surface area contributed by atoms with Crippen molar-refractivity contribution in [1.82, 2.24) is 0 Å². The summed E-state index contributed by atoms with van der Waals surface area (Å²) in [6, 6.07) is 1.46. The third-order valence-electron chi connectivity index (χ3n) is 7.78. The molecule has 188 valence electrons. The Bertz CT molecular complexity index is 960. The van der Waals surface area contributed by atoms with Crippen LogP contribution >= 0.6 is 0 Å². The molecule has 6 heteroatoms. The molecule has 1 aliphatic carbocycles. The third kappa shape index (κ3) is 6.08. The molecule has 0 bridgehead atoms. The highest BCUT2D eigenvalue weighted by atomic mass is 16.5. The molecule has 2 rings (SSSR count). The fourth-order valence-corrected chi connectivity index (χ4v) is 4.90. The summed E-state index contributed by atoms with van der Waals surface area (Å²) >= 11 is 0. The number of carbonyl (C=O) groups excluding carboxylic acids is 3. The maximum Gasteiger partial charge on any atom is 0.306 e. The van der Waals surface area contributed by atoms with Crippen LogP contribution in [0.3, 0.4) is 0 Å². The van der Waals surface area contributed by atoms with Gasteiger partial charge >= 0.3 is 5.97 Å². The van der Waals surface area contributed by atoms with Crippen molar-refractivity contribution in [3.63, 3.8) is 0 Å². The van der Waals surface area contributed by atoms with Crippen LogP contribution in [0.5, 0.6) is 11.5 Å². The fourth-order valence-electron chi connectivity index (χ4n) is 4.90. The Morgan fingerprint density at radius 2 is 1.94 bits per heavy atom. The van der Waals surface area contributed by atoms with E-state index < -0.39 is 6.10 Å². The first-order valence-electron chi connectivity index (χ1n) is 12.2. The van der Waals surface area contributed by atoms with Gasteiger partial charge in [-0.2, -0.15) is 0 Å². The first-order valence-corrected chi connectivity index (χ1v) is 12.2. The van der Waals surface area contributed by atoms with Gasteiger partial charge in [-0.1, -0.05) is 40.7 Å². The van der Waals surface area contributed by atoms with Crippen LogP contribution in [-0.4, -0.2) is 34.4 Å². The van der Waals surface area contributed by atoms with Gasteiger partial charge in [0.1, 0.15) is 23.4 Å². The molecule has 0 heterocycles. The number of rotatable bonds is 9. The molecule has 0 aromatic heterocycles. The number of phenolic OH excluding ortho intramolecular Hbond substituents is 2. The minimum atomic E-state index is -0.535. The highest BCUT2D eigenvalue weighted by Gasteiger charge is 2.45. The van der Waals surface area contributed by atoms with E-state index in [0.29, 0.717) is 37.0 Å². The van der Waals surface area contributed by atoms with Gasteiger partial charge in [-0.15, -0.1) is 0 Å². The number of aromatic hydroxyl groups is 2. The molecule has 2 N–H and O–H groups in total. The largest absolute Gasteiger partial charge is 0.508 e. The van der Waals surface area contributed by atoms with Crippen LogP contribution in [0.15, 0.2) is 17.7 Å². The van der Waals surface area contributed by atoms with Gasteiger partial charge in [0.05, 0.1) is 5.56 Å². The van der Waals surface area contributed by atoms with E-state index in [1.54, 1.807) is 6.92 Å². The predicted octanol–water partition coefficient (Wildman–Crippen LogP) is 5.70. The average Bonchev–Trinajstić information content (AvgIpc) is 2.74. The van der Waals surface area contributed by atoms with Crippen molar-refractivity contribution in [3.8, 4) is 11.5 Å². The normalized spacial score (nSPS) is 24.2. The minimum Gasteiger partial charge on any atom is -0.508 e. The van der Waals surface area contributed by atoms with Crippen LogP contribution < -0.4 is 0 Å². The number of hydrogen-bond acceptors (Lipinski definition) is 6. The second-order valence-corrected chi connectivity index (χ2v) is 10.6. The van der Waals surface area contributed by atoms with Crippen molar-refractivity contribution >= 4 is 18.0 Å². The molecule has 6 nitrogen and oxygen atoms in total. The van der Waals surface area contributed by atoms with Gasteiger partial charge in [0.2, 0.25) is 0 Å². The molecular weight excluding hydrogens is 432 g/mol. The van der Waals surface area contributed by atoms with Crippen LogP contribution in [-0.2, 0) is 20.7 Å². The Morgan fingerprint density at radius 3 is 2.53 bits per heavy atom. The number of Topliss-reactive ketones (excluding diaryl/α,β-unsaturated/α-hetero) is 1. The number of hydrogen-bond donors (Lipinski definition) is 2. The standard InChI is InChI=1S/C28H40O6/c1-16(2)12-26(32)34-25(14-28(7)19(5)9-11-23(30)20(28)6)17(3)8-10-21-24(31)13-18(4)22(15-29)27(21)33/h8,13,15-16,19-20,25,31,33H,9-12,14H2,1-7H3/t19-,20+,25+,28-/m1/s1. The molecule has 4 atom stereocenters. The predicted molar refractivity (Wildman–Crippen MR) is 132 cm³/mol. The Kier molecular flexibility index (Phi) is 9.09. The Labute approximate surface area is 203 Å². The molecule has 0 amide bonds. The summed E-state index contributed by atoms with van der Waals surface area (Å²) in [5, 5.41) is 20.9. The molecule has 0 radical (unpaired) electrons. The average molecular weight is 473 g/mol. The minimum absolute atomic E-state index is 0.0925. The maximum absolute atomic E-state index is 12.6. The van der Waals surface area contributed by atoms with Crippen LogP contribution in [0.1, 0.15) is 88.7 Å². The summed E-state index contributed by atoms with van der Waals surface area (Å²) in [6.45, 7) is 13.6. The molecule has 1 fully saturated rings. The smallest absolute Gasteiger partial charge is 0.306 e. The summed E-state index contributed by atoms with van der Waals surface area (Å²) in [6.07, 6.45) is 4.23. The zero-order valence-corrected chi connectivity index (χ0v) is 21.6. The van der Waals surface area contributed by atoms with Gasteiger partial charge in [-0.3, -0.25) is 14.4 Å². The van der Waals surface area contributed by atoms with E-state index in [1.165, 1.54) is 6.07 Å². The summed E-state index contributed by atoms with van der Waals surface area (Å²) in [5.74, 6) is -0.0730. The Morgan fingerprint density at radius 1 is 1.29 bits per heavy atom. The number of phenols is 2. The molecule has 1 aliphatic rings. The van der Waals surface area contributed by atoms with E-state index in [4.69, 9.17) is 4.74 Å². The second-order valence-electron chi connectivity index (χ2n) is 10.6. The molecule has 0 saturated heterocycles. The molecule has 0 aliphatic heterocycles. The van der Waals surface area contributed by atoms with Crippen LogP contribution in [0.25, 0.3) is 0 Å². The monoisotopic (exact) mass is 472 g/mol. The number of aryl methyl sites for hydroxylation is 1. The molecule has 1 saturated carbocycles. The number of allylic oxidation sites excluding steroid dienone is 1. The van der Waals surface area contributed by atoms with Crippen LogP contribution in [0.2, 0.25) is 0 Å². The van der Waals surface area contributed by atoms with Crippen molar-refractivity contribution in [2.24, 2.45) is 23.2 Å². The maximum atomic E-state index is 12.6. The summed E-state index contributed by atoms with van der Waals surface area (Å²) in [5.41, 5.74) is 1.34. The first-order chi connectivity index (χ1) is 15.8. The number of benzene rings is 1. The van der Waals surface area contributed by atoms with Crippen molar-refractivity contribution in [1.29, 1.82) is 0 Å². The summed E-state index contributed by atoms with van der Waals surface area (Å²) < 4.78 is 5.94. The lowest BCUT2D eigenvalue weighted by atomic mass is 9.59. The lowest BCUT2D eigenvalue weighted by molar-refractivity contribution is -0.151. The lowest BCUT2D eigenvalue weighted by Crippen LogP contribution is -2.44. The second kappa shape index (κ2) is 11.2. The third-order valence-corrected chi connectivity index (χ3v) is 7.78. The molecule has 1 aromatic rings. The molecule has 0 unspecified atom stereocenters. The fraction of sp³-hybridized carbons (Fsp3) is 0.607. The van der Waals surface area contributed by atoms with Crippen LogP contribution in [0, 0.1) is 30.1 Å². The van der Waals surface area contributed by atoms with Gasteiger partial charge < -0.3 is 14.9 Å². The summed E-state index contributed by atoms with van der Waals surface area (Å²) in [7, 11) is 0. The van der Waals surface area contributed by atoms with Gasteiger partial charge in [0.25, 0.3) is 0 Å². The Balaban J connectivity index is 2.39. The van der Waals surface area contributed by atoms with Crippen molar-refractivity contribution in [3.05, 3.63) is 34.4 Å². The quantitative estimate of drug-likeness (QED) is 0.272. The van der Waals surface area contributed by atoms with Crippen molar-refractivity contribution in [2.45, 2.75) is 86.7 Å². The van der Waals surface area contributed by atoms with E-state index in [0.717, 1.165) is 12.0 Å². The van der Waals surface area contributed by atoms with Crippen molar-refractivity contribution < 1.29 is 29.3 Å². The highest BCUT2D eigenvalue weighted by Crippen LogP contribution is 2.48. The topological polar surface area (TPSA) is 101 Å². The highest BCUT2D eigenvalue weighted by molar-refractivity contribution is 5.83. The SMILES string of the molecule is CC(=CCc1c(O)cc(C)c(C=O)c1O)[C@H](C[C@]1(C)[C@H](C)CCC(=O)[C@@H]1C)OC(=O)CC(C)C. The zero-order chi connectivity index (χ0) is 25.8. The lowest BCUT2D eigenvalue weighted by Gasteiger charge is -2.45. The van der Waals surface area contributed by atoms with Gasteiger partial charge in [-0.05, 0) is 67.6 Å². The van der Waals surface area contributed by atoms with Gasteiger partial charge in [-0.25, -0.2) is 0 Å². The number of aldehydes is 1. The molecule has 1 aromatic carbocycles. The summed E-state index contributed by atoms with van der Waals surface area (Å²) in [4.78, 5) is 36.5. The number of ether oxygens (including phenoxy) is 1. The molecule has 34 heavy (non-hydrogen) atoms. The molecule has 0 spiro atoms.